The maximum absolute atomic E-state index is 12.3. The molecule has 3 rings (SSSR count). The molecule has 144 valence electrons. The SMILES string of the molecule is CCCCn1c(O)c(C2=NNC(c3ccc(O)c(OC)c3)C2)c(=O)[nH]c1=O. The van der Waals surface area contributed by atoms with E-state index in [1.165, 1.54) is 13.2 Å². The van der Waals surface area contributed by atoms with Crippen molar-refractivity contribution in [3.05, 3.63) is 50.2 Å². The molecule has 1 unspecified atom stereocenters. The third-order valence-corrected chi connectivity index (χ3v) is 4.55. The van der Waals surface area contributed by atoms with Crippen LogP contribution in [0.1, 0.15) is 43.4 Å². The molecule has 1 aliphatic rings. The molecule has 1 aromatic heterocycles. The maximum atomic E-state index is 12.3. The van der Waals surface area contributed by atoms with Gasteiger partial charge in [-0.3, -0.25) is 14.3 Å². The number of nitrogens with one attached hydrogen (secondary N) is 2. The number of benzene rings is 1. The number of H-pyrrole nitrogens is 1. The van der Waals surface area contributed by atoms with E-state index >= 15 is 0 Å². The van der Waals surface area contributed by atoms with Gasteiger partial charge in [0.05, 0.1) is 18.9 Å². The van der Waals surface area contributed by atoms with E-state index < -0.39 is 11.2 Å². The van der Waals surface area contributed by atoms with Gasteiger partial charge < -0.3 is 20.4 Å². The quantitative estimate of drug-likeness (QED) is 0.601. The average molecular weight is 374 g/mol. The van der Waals surface area contributed by atoms with E-state index in [4.69, 9.17) is 4.74 Å². The summed E-state index contributed by atoms with van der Waals surface area (Å²) in [6.45, 7) is 2.28. The van der Waals surface area contributed by atoms with Crippen LogP contribution in [0, 0.1) is 0 Å². The van der Waals surface area contributed by atoms with Gasteiger partial charge >= 0.3 is 5.69 Å². The molecule has 1 aromatic carbocycles. The number of hydrogen-bond acceptors (Lipinski definition) is 7. The second-order valence-corrected chi connectivity index (χ2v) is 6.34. The number of rotatable bonds is 6. The molecule has 2 aromatic rings. The minimum absolute atomic E-state index is 0.00792. The highest BCUT2D eigenvalue weighted by atomic mass is 16.5. The number of aromatic hydroxyl groups is 2. The number of phenols is 1. The molecular formula is C18H22N4O5. The summed E-state index contributed by atoms with van der Waals surface area (Å²) in [5, 5.41) is 24.4. The first-order valence-corrected chi connectivity index (χ1v) is 8.71. The number of aromatic amines is 1. The number of phenolic OH excluding ortho intramolecular Hbond substituents is 1. The minimum atomic E-state index is -0.672. The summed E-state index contributed by atoms with van der Waals surface area (Å²) in [7, 11) is 1.46. The van der Waals surface area contributed by atoms with E-state index in [0.29, 0.717) is 30.8 Å². The molecule has 0 saturated carbocycles. The van der Waals surface area contributed by atoms with E-state index in [1.807, 2.05) is 6.92 Å². The van der Waals surface area contributed by atoms with Gasteiger partial charge in [0, 0.05) is 13.0 Å². The fourth-order valence-corrected chi connectivity index (χ4v) is 3.05. The van der Waals surface area contributed by atoms with Gasteiger partial charge in [-0.25, -0.2) is 4.79 Å². The summed E-state index contributed by atoms with van der Waals surface area (Å²) in [6, 6.07) is 4.66. The molecule has 0 radical (unpaired) electrons. The smallest absolute Gasteiger partial charge is 0.331 e. The zero-order chi connectivity index (χ0) is 19.6. The van der Waals surface area contributed by atoms with Crippen LogP contribution in [0.3, 0.4) is 0 Å². The standard InChI is InChI=1S/C18H22N4O5/c1-3-4-7-22-17(25)15(16(24)19-18(22)26)12-9-11(20-21-12)10-5-6-13(23)14(8-10)27-2/h5-6,8,11,20,23,25H,3-4,7,9H2,1-2H3,(H,19,24,26). The van der Waals surface area contributed by atoms with Gasteiger partial charge in [-0.15, -0.1) is 0 Å². The lowest BCUT2D eigenvalue weighted by Crippen LogP contribution is -2.33. The molecule has 0 spiro atoms. The Morgan fingerprint density at radius 2 is 2.11 bits per heavy atom. The summed E-state index contributed by atoms with van der Waals surface area (Å²) in [5.41, 5.74) is 2.77. The number of methoxy groups -OCH3 is 1. The second-order valence-electron chi connectivity index (χ2n) is 6.34. The van der Waals surface area contributed by atoms with Gasteiger partial charge in [0.25, 0.3) is 5.56 Å². The van der Waals surface area contributed by atoms with E-state index in [-0.39, 0.29) is 23.2 Å². The van der Waals surface area contributed by atoms with Crippen molar-refractivity contribution < 1.29 is 14.9 Å². The molecule has 0 fully saturated rings. The molecule has 9 nitrogen and oxygen atoms in total. The monoisotopic (exact) mass is 374 g/mol. The zero-order valence-corrected chi connectivity index (χ0v) is 15.2. The normalized spacial score (nSPS) is 16.1. The van der Waals surface area contributed by atoms with Crippen molar-refractivity contribution in [3.63, 3.8) is 0 Å². The lowest BCUT2D eigenvalue weighted by atomic mass is 9.99. The summed E-state index contributed by atoms with van der Waals surface area (Å²) in [6.07, 6.45) is 1.86. The first-order valence-electron chi connectivity index (χ1n) is 8.71. The van der Waals surface area contributed by atoms with Crippen molar-refractivity contribution in [3.8, 4) is 17.4 Å². The fraction of sp³-hybridized carbons (Fsp3) is 0.389. The summed E-state index contributed by atoms with van der Waals surface area (Å²) < 4.78 is 6.27. The Bertz CT molecular complexity index is 992. The van der Waals surface area contributed by atoms with Crippen molar-refractivity contribution in [1.82, 2.24) is 15.0 Å². The number of nitrogens with zero attached hydrogens (tertiary/aromatic N) is 2. The van der Waals surface area contributed by atoms with Gasteiger partial charge in [-0.05, 0) is 24.1 Å². The Labute approximate surface area is 154 Å². The Kier molecular flexibility index (Phi) is 5.20. The van der Waals surface area contributed by atoms with Crippen molar-refractivity contribution in [2.75, 3.05) is 7.11 Å². The molecule has 0 aliphatic carbocycles. The molecule has 0 bridgehead atoms. The van der Waals surface area contributed by atoms with Crippen molar-refractivity contribution in [2.45, 2.75) is 38.8 Å². The van der Waals surface area contributed by atoms with Crippen LogP contribution in [0.2, 0.25) is 0 Å². The average Bonchev–Trinajstić information content (AvgIpc) is 3.11. The summed E-state index contributed by atoms with van der Waals surface area (Å²) >= 11 is 0. The Morgan fingerprint density at radius 3 is 2.81 bits per heavy atom. The Balaban J connectivity index is 1.91. The Hall–Kier alpha value is -3.23. The van der Waals surface area contributed by atoms with Crippen LogP contribution >= 0.6 is 0 Å². The van der Waals surface area contributed by atoms with Crippen LogP contribution in [0.5, 0.6) is 17.4 Å². The summed E-state index contributed by atoms with van der Waals surface area (Å²) in [5.74, 6) is -0.0178. The fourth-order valence-electron chi connectivity index (χ4n) is 3.05. The number of unbranched alkanes of at least 4 members (excludes halogenated alkanes) is 1. The molecule has 4 N–H and O–H groups in total. The second kappa shape index (κ2) is 7.56. The van der Waals surface area contributed by atoms with Gasteiger partial charge in [-0.2, -0.15) is 5.10 Å². The maximum Gasteiger partial charge on any atom is 0.331 e. The van der Waals surface area contributed by atoms with Gasteiger partial charge in [-0.1, -0.05) is 19.4 Å². The van der Waals surface area contributed by atoms with E-state index in [0.717, 1.165) is 16.6 Å². The molecule has 9 heteroatoms. The van der Waals surface area contributed by atoms with Crippen LogP contribution in [-0.4, -0.2) is 32.6 Å². The lowest BCUT2D eigenvalue weighted by Gasteiger charge is -2.13. The topological polar surface area (TPSA) is 129 Å². The molecule has 2 heterocycles. The highest BCUT2D eigenvalue weighted by Crippen LogP contribution is 2.32. The molecule has 1 aliphatic heterocycles. The largest absolute Gasteiger partial charge is 0.504 e. The Morgan fingerprint density at radius 1 is 1.33 bits per heavy atom. The first kappa shape index (κ1) is 18.6. The number of ether oxygens (including phenoxy) is 1. The molecule has 1 atom stereocenters. The van der Waals surface area contributed by atoms with Crippen LogP contribution in [0.15, 0.2) is 32.9 Å². The first-order chi connectivity index (χ1) is 13.0. The van der Waals surface area contributed by atoms with Gasteiger partial charge in [0.15, 0.2) is 11.5 Å². The number of aromatic nitrogens is 2. The number of hydrogen-bond donors (Lipinski definition) is 4. The zero-order valence-electron chi connectivity index (χ0n) is 15.2. The van der Waals surface area contributed by atoms with Crippen LogP contribution < -0.4 is 21.4 Å². The van der Waals surface area contributed by atoms with Crippen molar-refractivity contribution >= 4 is 5.71 Å². The van der Waals surface area contributed by atoms with Gasteiger partial charge in [0.1, 0.15) is 5.56 Å². The third-order valence-electron chi connectivity index (χ3n) is 4.55. The predicted octanol–water partition coefficient (Wildman–Crippen LogP) is 1.20. The van der Waals surface area contributed by atoms with E-state index in [9.17, 15) is 19.8 Å². The van der Waals surface area contributed by atoms with Crippen molar-refractivity contribution in [1.29, 1.82) is 0 Å². The van der Waals surface area contributed by atoms with Crippen LogP contribution in [-0.2, 0) is 6.54 Å². The highest BCUT2D eigenvalue weighted by Gasteiger charge is 2.27. The molecular weight excluding hydrogens is 352 g/mol. The third kappa shape index (κ3) is 3.53. The van der Waals surface area contributed by atoms with E-state index in [1.54, 1.807) is 12.1 Å². The molecule has 27 heavy (non-hydrogen) atoms. The molecule has 0 saturated heterocycles. The summed E-state index contributed by atoms with van der Waals surface area (Å²) in [4.78, 5) is 26.5. The van der Waals surface area contributed by atoms with E-state index in [2.05, 4.69) is 15.5 Å². The highest BCUT2D eigenvalue weighted by molar-refractivity contribution is 6.03. The molecule has 0 amide bonds. The van der Waals surface area contributed by atoms with Crippen molar-refractivity contribution in [2.24, 2.45) is 5.10 Å². The minimum Gasteiger partial charge on any atom is -0.504 e. The van der Waals surface area contributed by atoms with Crippen LogP contribution in [0.25, 0.3) is 0 Å². The number of hydrazone groups is 1. The van der Waals surface area contributed by atoms with Gasteiger partial charge in [0.2, 0.25) is 5.88 Å². The van der Waals surface area contributed by atoms with Crippen LogP contribution in [0.4, 0.5) is 0 Å². The lowest BCUT2D eigenvalue weighted by molar-refractivity contribution is 0.372. The predicted molar refractivity (Wildman–Crippen MR) is 99.6 cm³/mol.